The van der Waals surface area contributed by atoms with Gasteiger partial charge in [0.2, 0.25) is 5.28 Å². The van der Waals surface area contributed by atoms with E-state index in [4.69, 9.17) is 16.3 Å². The first-order valence-electron chi connectivity index (χ1n) is 4.74. The number of hydrogen-bond acceptors (Lipinski definition) is 2. The summed E-state index contributed by atoms with van der Waals surface area (Å²) in [7, 11) is 1.69. The molecular weight excluding hydrogens is 212 g/mol. The second kappa shape index (κ2) is 3.51. The van der Waals surface area contributed by atoms with Crippen molar-refractivity contribution < 1.29 is 4.74 Å². The summed E-state index contributed by atoms with van der Waals surface area (Å²) in [5.74, 6) is 0. The number of imidazole rings is 1. The van der Waals surface area contributed by atoms with Crippen molar-refractivity contribution in [1.29, 1.82) is 0 Å². The Bertz CT molecular complexity index is 490. The van der Waals surface area contributed by atoms with Crippen LogP contribution in [0.3, 0.4) is 0 Å². The zero-order valence-corrected chi connectivity index (χ0v) is 9.72. The number of para-hydroxylation sites is 1. The Hall–Kier alpha value is -1.06. The average molecular weight is 225 g/mol. The fourth-order valence-corrected chi connectivity index (χ4v) is 1.78. The van der Waals surface area contributed by atoms with Crippen LogP contribution >= 0.6 is 11.6 Å². The molecule has 80 valence electrons. The summed E-state index contributed by atoms with van der Waals surface area (Å²) >= 11 is 5.84. The number of rotatable bonds is 2. The number of halogens is 1. The smallest absolute Gasteiger partial charge is 0.201 e. The van der Waals surface area contributed by atoms with Crippen molar-refractivity contribution in [1.82, 2.24) is 9.97 Å². The Kier molecular flexibility index (Phi) is 2.44. The molecule has 1 N–H and O–H groups in total. The monoisotopic (exact) mass is 224 g/mol. The molecule has 3 nitrogen and oxygen atoms in total. The molecule has 0 atom stereocenters. The van der Waals surface area contributed by atoms with Gasteiger partial charge in [0.25, 0.3) is 0 Å². The highest BCUT2D eigenvalue weighted by atomic mass is 35.5. The third kappa shape index (κ3) is 1.73. The number of aromatic amines is 1. The molecule has 1 aromatic heterocycles. The Morgan fingerprint density at radius 3 is 2.80 bits per heavy atom. The van der Waals surface area contributed by atoms with Crippen molar-refractivity contribution in [3.05, 3.63) is 29.0 Å². The summed E-state index contributed by atoms with van der Waals surface area (Å²) < 4.78 is 5.44. The number of nitrogens with zero attached hydrogens (tertiary/aromatic N) is 1. The highest BCUT2D eigenvalue weighted by molar-refractivity contribution is 6.29. The molecule has 15 heavy (non-hydrogen) atoms. The second-order valence-corrected chi connectivity index (χ2v) is 4.30. The number of ether oxygens (including phenoxy) is 1. The molecule has 4 heteroatoms. The van der Waals surface area contributed by atoms with Crippen LogP contribution in [0.5, 0.6) is 0 Å². The maximum Gasteiger partial charge on any atom is 0.201 e. The number of benzene rings is 1. The Labute approximate surface area is 93.4 Å². The minimum atomic E-state index is -0.363. The van der Waals surface area contributed by atoms with E-state index in [1.54, 1.807) is 7.11 Å². The third-order valence-corrected chi connectivity index (χ3v) is 2.82. The topological polar surface area (TPSA) is 37.9 Å². The van der Waals surface area contributed by atoms with Gasteiger partial charge < -0.3 is 9.72 Å². The molecule has 0 spiro atoms. The Balaban J connectivity index is 2.70. The van der Waals surface area contributed by atoms with Crippen molar-refractivity contribution in [2.75, 3.05) is 7.11 Å². The molecule has 0 amide bonds. The maximum atomic E-state index is 5.84. The Morgan fingerprint density at radius 1 is 1.40 bits per heavy atom. The van der Waals surface area contributed by atoms with Gasteiger partial charge in [0, 0.05) is 12.7 Å². The van der Waals surface area contributed by atoms with Crippen molar-refractivity contribution in [3.8, 4) is 0 Å². The summed E-state index contributed by atoms with van der Waals surface area (Å²) in [6.45, 7) is 4.01. The highest BCUT2D eigenvalue weighted by Gasteiger charge is 2.23. The number of nitrogens with one attached hydrogen (secondary N) is 1. The summed E-state index contributed by atoms with van der Waals surface area (Å²) in [6, 6.07) is 5.92. The van der Waals surface area contributed by atoms with Crippen molar-refractivity contribution >= 4 is 22.6 Å². The molecule has 1 aromatic carbocycles. The summed E-state index contributed by atoms with van der Waals surface area (Å²) in [6.07, 6.45) is 0. The van der Waals surface area contributed by atoms with Gasteiger partial charge in [-0.05, 0) is 31.5 Å². The molecule has 0 aliphatic rings. The first-order chi connectivity index (χ1) is 7.04. The molecule has 0 aliphatic carbocycles. The number of H-pyrrole nitrogens is 1. The fourth-order valence-electron chi connectivity index (χ4n) is 1.60. The number of aromatic nitrogens is 2. The summed E-state index contributed by atoms with van der Waals surface area (Å²) in [5, 5.41) is 0.407. The van der Waals surface area contributed by atoms with Gasteiger partial charge in [0.1, 0.15) is 0 Å². The molecule has 1 heterocycles. The van der Waals surface area contributed by atoms with Crippen LogP contribution in [0.4, 0.5) is 0 Å². The van der Waals surface area contributed by atoms with E-state index in [1.165, 1.54) is 0 Å². The number of methoxy groups -OCH3 is 1. The van der Waals surface area contributed by atoms with E-state index in [1.807, 2.05) is 32.0 Å². The van der Waals surface area contributed by atoms with Gasteiger partial charge in [-0.2, -0.15) is 0 Å². The largest absolute Gasteiger partial charge is 0.374 e. The van der Waals surface area contributed by atoms with E-state index in [0.717, 1.165) is 16.6 Å². The molecule has 0 aliphatic heterocycles. The first kappa shape index (κ1) is 10.5. The van der Waals surface area contributed by atoms with E-state index < -0.39 is 0 Å². The van der Waals surface area contributed by atoms with Gasteiger partial charge in [0.05, 0.1) is 16.6 Å². The molecule has 2 rings (SSSR count). The van der Waals surface area contributed by atoms with Crippen molar-refractivity contribution in [2.45, 2.75) is 19.4 Å². The van der Waals surface area contributed by atoms with Gasteiger partial charge in [0.15, 0.2) is 0 Å². The SMILES string of the molecule is COC(C)(C)c1cccc2[nH]c(Cl)nc12. The minimum absolute atomic E-state index is 0.363. The summed E-state index contributed by atoms with van der Waals surface area (Å²) in [5.41, 5.74) is 2.47. The third-order valence-electron chi connectivity index (χ3n) is 2.64. The van der Waals surface area contributed by atoms with Crippen LogP contribution in [0.15, 0.2) is 18.2 Å². The molecule has 2 aromatic rings. The van der Waals surface area contributed by atoms with Crippen LogP contribution < -0.4 is 0 Å². The predicted molar refractivity (Wildman–Crippen MR) is 61.1 cm³/mol. The fraction of sp³-hybridized carbons (Fsp3) is 0.364. The van der Waals surface area contributed by atoms with Gasteiger partial charge in [-0.15, -0.1) is 0 Å². The lowest BCUT2D eigenvalue weighted by molar-refractivity contribution is 0.0203. The molecular formula is C11H13ClN2O. The predicted octanol–water partition coefficient (Wildman–Crippen LogP) is 3.10. The van der Waals surface area contributed by atoms with E-state index >= 15 is 0 Å². The van der Waals surface area contributed by atoms with Gasteiger partial charge >= 0.3 is 0 Å². The van der Waals surface area contributed by atoms with E-state index in [2.05, 4.69) is 9.97 Å². The van der Waals surface area contributed by atoms with Crippen LogP contribution in [0.25, 0.3) is 11.0 Å². The molecule has 0 bridgehead atoms. The molecule has 0 saturated carbocycles. The van der Waals surface area contributed by atoms with E-state index in [9.17, 15) is 0 Å². The van der Waals surface area contributed by atoms with Gasteiger partial charge in [-0.25, -0.2) is 4.98 Å². The molecule has 0 fully saturated rings. The first-order valence-corrected chi connectivity index (χ1v) is 5.12. The standard InChI is InChI=1S/C11H13ClN2O/c1-11(2,15-3)7-5-4-6-8-9(7)14-10(12)13-8/h4-6H,1-3H3,(H,13,14). The van der Waals surface area contributed by atoms with E-state index in [-0.39, 0.29) is 5.60 Å². The number of fused-ring (bicyclic) bond motifs is 1. The molecule has 0 radical (unpaired) electrons. The maximum absolute atomic E-state index is 5.84. The lowest BCUT2D eigenvalue weighted by Gasteiger charge is -2.23. The average Bonchev–Trinajstić information content (AvgIpc) is 2.57. The highest BCUT2D eigenvalue weighted by Crippen LogP contribution is 2.30. The lowest BCUT2D eigenvalue weighted by Crippen LogP contribution is -2.19. The van der Waals surface area contributed by atoms with Crippen LogP contribution in [-0.4, -0.2) is 17.1 Å². The number of hydrogen-bond donors (Lipinski definition) is 1. The van der Waals surface area contributed by atoms with Gasteiger partial charge in [-0.1, -0.05) is 12.1 Å². The lowest BCUT2D eigenvalue weighted by atomic mass is 9.97. The van der Waals surface area contributed by atoms with E-state index in [0.29, 0.717) is 5.28 Å². The minimum Gasteiger partial charge on any atom is -0.374 e. The van der Waals surface area contributed by atoms with Crippen LogP contribution in [0, 0.1) is 0 Å². The Morgan fingerprint density at radius 2 is 2.13 bits per heavy atom. The molecule has 0 unspecified atom stereocenters. The zero-order valence-electron chi connectivity index (χ0n) is 8.97. The normalized spacial score (nSPS) is 12.3. The zero-order chi connectivity index (χ0) is 11.1. The second-order valence-electron chi connectivity index (χ2n) is 3.94. The van der Waals surface area contributed by atoms with Crippen LogP contribution in [-0.2, 0) is 10.3 Å². The quantitative estimate of drug-likeness (QED) is 0.851. The van der Waals surface area contributed by atoms with Crippen LogP contribution in [0.2, 0.25) is 5.28 Å². The summed E-state index contributed by atoms with van der Waals surface area (Å²) in [4.78, 5) is 7.25. The van der Waals surface area contributed by atoms with Crippen molar-refractivity contribution in [3.63, 3.8) is 0 Å². The van der Waals surface area contributed by atoms with Gasteiger partial charge in [-0.3, -0.25) is 0 Å². The van der Waals surface area contributed by atoms with Crippen molar-refractivity contribution in [2.24, 2.45) is 0 Å². The van der Waals surface area contributed by atoms with Crippen LogP contribution in [0.1, 0.15) is 19.4 Å². The molecule has 0 saturated heterocycles.